The Balaban J connectivity index is 2.12. The van der Waals surface area contributed by atoms with Crippen molar-refractivity contribution in [1.29, 1.82) is 0 Å². The summed E-state index contributed by atoms with van der Waals surface area (Å²) in [6.07, 6.45) is -0.880. The van der Waals surface area contributed by atoms with Crippen LogP contribution in [-0.2, 0) is 0 Å². The first-order valence-corrected chi connectivity index (χ1v) is 7.81. The summed E-state index contributed by atoms with van der Waals surface area (Å²) in [6, 6.07) is 5.61. The summed E-state index contributed by atoms with van der Waals surface area (Å²) in [4.78, 5) is 14.0. The molecule has 0 unspecified atom stereocenters. The van der Waals surface area contributed by atoms with Crippen LogP contribution in [0.15, 0.2) is 29.6 Å². The number of nitrogens with zero attached hydrogens (tertiary/aromatic N) is 3. The van der Waals surface area contributed by atoms with Crippen LogP contribution in [0.4, 0.5) is 4.39 Å². The lowest BCUT2D eigenvalue weighted by Gasteiger charge is -2.26. The number of aromatic nitrogens is 2. The van der Waals surface area contributed by atoms with Crippen LogP contribution in [0.5, 0.6) is 0 Å². The van der Waals surface area contributed by atoms with Crippen LogP contribution in [-0.4, -0.2) is 38.6 Å². The molecule has 2 rings (SSSR count). The van der Waals surface area contributed by atoms with Crippen molar-refractivity contribution in [3.63, 3.8) is 0 Å². The second-order valence-corrected chi connectivity index (χ2v) is 6.07. The lowest BCUT2D eigenvalue weighted by molar-refractivity contribution is 0.0589. The monoisotopic (exact) mass is 323 g/mol. The van der Waals surface area contributed by atoms with Gasteiger partial charge in [-0.05, 0) is 35.1 Å². The minimum absolute atomic E-state index is 0.125. The van der Waals surface area contributed by atoms with Crippen molar-refractivity contribution < 1.29 is 14.3 Å². The Labute approximate surface area is 132 Å². The summed E-state index contributed by atoms with van der Waals surface area (Å²) >= 11 is 1.11. The Morgan fingerprint density at radius 2 is 2.00 bits per heavy atom. The molecule has 1 aromatic heterocycles. The number of aliphatic hydroxyl groups is 1. The van der Waals surface area contributed by atoms with E-state index in [0.29, 0.717) is 12.1 Å². The molecule has 118 valence electrons. The zero-order valence-electron chi connectivity index (χ0n) is 12.4. The maximum Gasteiger partial charge on any atom is 0.275 e. The molecule has 1 atom stereocenters. The molecule has 1 aromatic carbocycles. The second-order valence-electron chi connectivity index (χ2n) is 5.46. The smallest absolute Gasteiger partial charge is 0.275 e. The van der Waals surface area contributed by atoms with Crippen LogP contribution < -0.4 is 0 Å². The van der Waals surface area contributed by atoms with E-state index in [2.05, 4.69) is 9.59 Å². The SMILES string of the molecule is CC(C)CN(C[C@@H](O)c1ccc(F)cc1)C(=O)c1csnn1. The number of aliphatic hydroxyl groups excluding tert-OH is 1. The molecule has 1 heterocycles. The molecule has 0 aliphatic carbocycles. The van der Waals surface area contributed by atoms with E-state index in [1.807, 2.05) is 13.8 Å². The van der Waals surface area contributed by atoms with E-state index in [-0.39, 0.29) is 29.9 Å². The first-order valence-electron chi connectivity index (χ1n) is 6.97. The summed E-state index contributed by atoms with van der Waals surface area (Å²) in [6.45, 7) is 4.60. The molecule has 0 saturated heterocycles. The summed E-state index contributed by atoms with van der Waals surface area (Å²) in [5.41, 5.74) is 0.844. The number of hydrogen-bond donors (Lipinski definition) is 1. The lowest BCUT2D eigenvalue weighted by atomic mass is 10.1. The molecular weight excluding hydrogens is 305 g/mol. The Bertz CT molecular complexity index is 602. The van der Waals surface area contributed by atoms with Crippen molar-refractivity contribution in [3.8, 4) is 0 Å². The minimum atomic E-state index is -0.880. The molecular formula is C15H18FN3O2S. The molecule has 22 heavy (non-hydrogen) atoms. The Morgan fingerprint density at radius 3 is 2.55 bits per heavy atom. The van der Waals surface area contributed by atoms with Gasteiger partial charge in [0.1, 0.15) is 5.82 Å². The quantitative estimate of drug-likeness (QED) is 0.887. The molecule has 0 saturated carbocycles. The number of hydrogen-bond acceptors (Lipinski definition) is 5. The molecule has 0 fully saturated rings. The summed E-state index contributed by atoms with van der Waals surface area (Å²) in [5.74, 6) is -0.376. The van der Waals surface area contributed by atoms with Crippen LogP contribution in [0.1, 0.15) is 36.0 Å². The fourth-order valence-electron chi connectivity index (χ4n) is 2.10. The van der Waals surface area contributed by atoms with Crippen LogP contribution in [0.25, 0.3) is 0 Å². The molecule has 0 spiro atoms. The molecule has 5 nitrogen and oxygen atoms in total. The average Bonchev–Trinajstić information content (AvgIpc) is 3.00. The van der Waals surface area contributed by atoms with Gasteiger partial charge in [0.2, 0.25) is 0 Å². The van der Waals surface area contributed by atoms with E-state index in [0.717, 1.165) is 11.5 Å². The topological polar surface area (TPSA) is 66.3 Å². The lowest BCUT2D eigenvalue weighted by Crippen LogP contribution is -2.37. The van der Waals surface area contributed by atoms with Crippen molar-refractivity contribution in [2.45, 2.75) is 20.0 Å². The Hall–Kier alpha value is -1.86. The fourth-order valence-corrected chi connectivity index (χ4v) is 2.53. The number of benzene rings is 1. The molecule has 0 aliphatic rings. The number of carbonyl (C=O) groups is 1. The van der Waals surface area contributed by atoms with Crippen LogP contribution in [0, 0.1) is 11.7 Å². The molecule has 1 amide bonds. The van der Waals surface area contributed by atoms with Gasteiger partial charge in [-0.1, -0.05) is 30.5 Å². The molecule has 2 aromatic rings. The Morgan fingerprint density at radius 1 is 1.32 bits per heavy atom. The predicted octanol–water partition coefficient (Wildman–Crippen LogP) is 2.51. The van der Waals surface area contributed by atoms with Crippen LogP contribution in [0.3, 0.4) is 0 Å². The highest BCUT2D eigenvalue weighted by Gasteiger charge is 2.22. The summed E-state index contributed by atoms with van der Waals surface area (Å²) in [7, 11) is 0. The average molecular weight is 323 g/mol. The maximum atomic E-state index is 12.9. The van der Waals surface area contributed by atoms with Gasteiger partial charge in [-0.25, -0.2) is 4.39 Å². The molecule has 7 heteroatoms. The van der Waals surface area contributed by atoms with Gasteiger partial charge in [0, 0.05) is 11.9 Å². The van der Waals surface area contributed by atoms with Gasteiger partial charge < -0.3 is 10.0 Å². The second kappa shape index (κ2) is 7.42. The zero-order valence-corrected chi connectivity index (χ0v) is 13.3. The zero-order chi connectivity index (χ0) is 16.1. The summed E-state index contributed by atoms with van der Waals surface area (Å²) < 4.78 is 16.6. The normalized spacial score (nSPS) is 12.4. The molecule has 0 radical (unpaired) electrons. The van der Waals surface area contributed by atoms with Crippen LogP contribution in [0.2, 0.25) is 0 Å². The fraction of sp³-hybridized carbons (Fsp3) is 0.400. The number of rotatable bonds is 6. The third-order valence-corrected chi connectivity index (χ3v) is 3.60. The Kier molecular flexibility index (Phi) is 5.57. The van der Waals surface area contributed by atoms with E-state index >= 15 is 0 Å². The predicted molar refractivity (Wildman–Crippen MR) is 82.0 cm³/mol. The minimum Gasteiger partial charge on any atom is -0.387 e. The van der Waals surface area contributed by atoms with E-state index in [1.165, 1.54) is 24.3 Å². The number of halogens is 1. The largest absolute Gasteiger partial charge is 0.387 e. The van der Waals surface area contributed by atoms with Crippen molar-refractivity contribution in [2.24, 2.45) is 5.92 Å². The molecule has 0 bridgehead atoms. The maximum absolute atomic E-state index is 12.9. The van der Waals surface area contributed by atoms with Gasteiger partial charge in [-0.15, -0.1) is 5.10 Å². The third-order valence-electron chi connectivity index (χ3n) is 3.10. The van der Waals surface area contributed by atoms with Gasteiger partial charge >= 0.3 is 0 Å². The number of carbonyl (C=O) groups excluding carboxylic acids is 1. The standard InChI is InChI=1S/C15H18FN3O2S/c1-10(2)7-19(15(21)13-9-22-18-17-13)8-14(20)11-3-5-12(16)6-4-11/h3-6,9-10,14,20H,7-8H2,1-2H3/t14-/m1/s1. The van der Waals surface area contributed by atoms with Crippen LogP contribution >= 0.6 is 11.5 Å². The van der Waals surface area contributed by atoms with Crippen molar-refractivity contribution in [3.05, 3.63) is 46.7 Å². The van der Waals surface area contributed by atoms with E-state index in [4.69, 9.17) is 0 Å². The van der Waals surface area contributed by atoms with Gasteiger partial charge in [0.15, 0.2) is 5.69 Å². The van der Waals surface area contributed by atoms with Gasteiger partial charge in [-0.2, -0.15) is 0 Å². The highest BCUT2D eigenvalue weighted by atomic mass is 32.1. The van der Waals surface area contributed by atoms with E-state index in [9.17, 15) is 14.3 Å². The van der Waals surface area contributed by atoms with Gasteiger partial charge in [0.25, 0.3) is 5.91 Å². The first kappa shape index (κ1) is 16.5. The highest BCUT2D eigenvalue weighted by Crippen LogP contribution is 2.17. The van der Waals surface area contributed by atoms with Crippen molar-refractivity contribution in [1.82, 2.24) is 14.5 Å². The van der Waals surface area contributed by atoms with Crippen molar-refractivity contribution >= 4 is 17.4 Å². The first-order chi connectivity index (χ1) is 10.5. The molecule has 0 aliphatic heterocycles. The van der Waals surface area contributed by atoms with Crippen molar-refractivity contribution in [2.75, 3.05) is 13.1 Å². The molecule has 1 N–H and O–H groups in total. The van der Waals surface area contributed by atoms with Gasteiger partial charge in [0.05, 0.1) is 12.6 Å². The van der Waals surface area contributed by atoms with E-state index < -0.39 is 6.10 Å². The third kappa shape index (κ3) is 4.32. The number of amides is 1. The van der Waals surface area contributed by atoms with E-state index in [1.54, 1.807) is 10.3 Å². The van der Waals surface area contributed by atoms with Gasteiger partial charge in [-0.3, -0.25) is 4.79 Å². The highest BCUT2D eigenvalue weighted by molar-refractivity contribution is 7.03. The summed E-state index contributed by atoms with van der Waals surface area (Å²) in [5, 5.41) is 15.7.